The zero-order chi connectivity index (χ0) is 51.5. The van der Waals surface area contributed by atoms with Gasteiger partial charge in [-0.25, -0.2) is 14.4 Å². The van der Waals surface area contributed by atoms with Crippen molar-refractivity contribution in [3.8, 4) is 5.75 Å². The van der Waals surface area contributed by atoms with Gasteiger partial charge in [-0.3, -0.25) is 34.2 Å². The van der Waals surface area contributed by atoms with Crippen LogP contribution in [-0.2, 0) is 68.5 Å². The highest BCUT2D eigenvalue weighted by molar-refractivity contribution is 8.00. The van der Waals surface area contributed by atoms with Crippen LogP contribution in [0.2, 0.25) is 5.02 Å². The number of fused-ring (bicyclic) bond motifs is 5. The predicted octanol–water partition coefficient (Wildman–Crippen LogP) is 4.35. The number of amides is 6. The normalized spacial score (nSPS) is 33.1. The van der Waals surface area contributed by atoms with Crippen molar-refractivity contribution in [1.29, 1.82) is 0 Å². The van der Waals surface area contributed by atoms with Crippen LogP contribution in [0.15, 0.2) is 35.9 Å². The molecular formula is C49H63ClN4O16S. The minimum absolute atomic E-state index is 0.00182. The standard InChI is InChI=1S/C49H63ClN4O16S/c1-26-9-8-10-36(65-7)49(63)24-34(67-47(62)51-49)27(2)43-48(4,69-43)37(23-40(57)52(5)32-20-30(19-26)21-33(64-6)42(32)50)68-45(60)28(3)66-17-18-71-35-22-41(58)53(44(35)59)25-29-11-13-31(14-12-29)46(61)70-54-38(55)15-16-39(54)56/h8-10,20-21,27-29,31,34-37,43,63H,11-19,22-25H2,1-7H3,(H,51,62)/b10-8+,26-9+/t27-,28+,29?,31?,34?,35?,36-,37+,43+,48+,49+/m1/s1. The maximum atomic E-state index is 14.3. The van der Waals surface area contributed by atoms with Crippen molar-refractivity contribution in [3.63, 3.8) is 0 Å². The van der Waals surface area contributed by atoms with Crippen LogP contribution in [0.4, 0.5) is 10.5 Å². The first-order valence-corrected chi connectivity index (χ1v) is 25.3. The minimum atomic E-state index is -1.87. The van der Waals surface area contributed by atoms with Gasteiger partial charge in [-0.1, -0.05) is 42.3 Å². The van der Waals surface area contributed by atoms with Crippen LogP contribution in [0.3, 0.4) is 0 Å². The van der Waals surface area contributed by atoms with Gasteiger partial charge in [0.15, 0.2) is 11.8 Å². The Kier molecular flexibility index (Phi) is 16.9. The van der Waals surface area contributed by atoms with Gasteiger partial charge >= 0.3 is 18.0 Å². The summed E-state index contributed by atoms with van der Waals surface area (Å²) < 4.78 is 35.2. The van der Waals surface area contributed by atoms with Crippen molar-refractivity contribution >= 4 is 76.6 Å². The summed E-state index contributed by atoms with van der Waals surface area (Å²) in [6, 6.07) is 3.55. The molecule has 5 aliphatic heterocycles. The number of thioether (sulfide) groups is 1. The van der Waals surface area contributed by atoms with Gasteiger partial charge in [0.05, 0.1) is 43.1 Å². The lowest BCUT2D eigenvalue weighted by atomic mass is 9.82. The molecule has 6 aliphatic rings. The van der Waals surface area contributed by atoms with Crippen LogP contribution < -0.4 is 15.0 Å². The number of rotatable bonds is 13. The Morgan fingerprint density at radius 2 is 1.72 bits per heavy atom. The number of imide groups is 2. The van der Waals surface area contributed by atoms with Crippen LogP contribution in [0.1, 0.15) is 91.0 Å². The Bertz CT molecular complexity index is 2330. The lowest BCUT2D eigenvalue weighted by Crippen LogP contribution is -2.63. The fourth-order valence-electron chi connectivity index (χ4n) is 9.96. The van der Waals surface area contributed by atoms with E-state index in [9.17, 15) is 43.5 Å². The quantitative estimate of drug-likeness (QED) is 0.121. The van der Waals surface area contributed by atoms with Gasteiger partial charge in [-0.2, -0.15) is 0 Å². The number of ether oxygens (including phenoxy) is 6. The maximum absolute atomic E-state index is 14.3. The number of allylic oxidation sites excluding steroid dienone is 3. The van der Waals surface area contributed by atoms with Gasteiger partial charge in [0.25, 0.3) is 11.8 Å². The molecule has 6 amide bonds. The molecule has 1 aromatic rings. The van der Waals surface area contributed by atoms with Gasteiger partial charge in [0.1, 0.15) is 34.7 Å². The monoisotopic (exact) mass is 1030 g/mol. The molecule has 1 aromatic carbocycles. The van der Waals surface area contributed by atoms with Crippen LogP contribution in [-0.4, -0.2) is 150 Å². The smallest absolute Gasteiger partial charge is 0.409 e. The number of anilines is 1. The summed E-state index contributed by atoms with van der Waals surface area (Å²) in [5, 5.41) is 14.4. The van der Waals surface area contributed by atoms with E-state index in [-0.39, 0.29) is 73.8 Å². The molecule has 4 bridgehead atoms. The van der Waals surface area contributed by atoms with Crippen molar-refractivity contribution < 1.29 is 76.7 Å². The second kappa shape index (κ2) is 22.4. The second-order valence-corrected chi connectivity index (χ2v) is 21.0. The number of nitrogens with zero attached hydrogens (tertiary/aromatic N) is 3. The summed E-state index contributed by atoms with van der Waals surface area (Å²) in [6.45, 7) is 7.10. The van der Waals surface area contributed by atoms with Gasteiger partial charge in [0.2, 0.25) is 17.7 Å². The van der Waals surface area contributed by atoms with Crippen LogP contribution >= 0.6 is 23.4 Å². The first kappa shape index (κ1) is 53.7. The number of carbonyl (C=O) groups excluding carboxylic acids is 8. The molecule has 1 saturated carbocycles. The lowest BCUT2D eigenvalue weighted by Gasteiger charge is -2.42. The Balaban J connectivity index is 0.975. The number of hydrogen-bond donors (Lipinski definition) is 2. The number of aliphatic hydroxyl groups is 1. The molecule has 0 radical (unpaired) electrons. The number of nitrogens with one attached hydrogen (secondary N) is 1. The average Bonchev–Trinajstić information content (AvgIpc) is 3.84. The fourth-order valence-corrected chi connectivity index (χ4v) is 11.3. The molecular weight excluding hydrogens is 968 g/mol. The molecule has 71 heavy (non-hydrogen) atoms. The highest BCUT2D eigenvalue weighted by Gasteiger charge is 2.64. The zero-order valence-electron chi connectivity index (χ0n) is 41.0. The molecule has 388 valence electrons. The molecule has 2 N–H and O–H groups in total. The van der Waals surface area contributed by atoms with E-state index in [4.69, 9.17) is 44.9 Å². The molecule has 5 fully saturated rings. The van der Waals surface area contributed by atoms with E-state index < -0.39 is 94.7 Å². The Morgan fingerprint density at radius 3 is 2.39 bits per heavy atom. The van der Waals surface area contributed by atoms with Gasteiger partial charge in [-0.05, 0) is 76.5 Å². The number of epoxide rings is 1. The molecule has 5 heterocycles. The van der Waals surface area contributed by atoms with Gasteiger partial charge in [-0.15, -0.1) is 16.8 Å². The van der Waals surface area contributed by atoms with E-state index in [1.54, 1.807) is 45.2 Å². The second-order valence-electron chi connectivity index (χ2n) is 19.4. The third-order valence-electron chi connectivity index (χ3n) is 14.3. The van der Waals surface area contributed by atoms with Crippen LogP contribution in [0, 0.1) is 17.8 Å². The number of hydroxylamine groups is 2. The number of benzene rings is 1. The number of halogens is 1. The molecule has 9 atom stereocenters. The Labute approximate surface area is 421 Å². The van der Waals surface area contributed by atoms with Crippen molar-refractivity contribution in [1.82, 2.24) is 15.3 Å². The molecule has 4 saturated heterocycles. The fraction of sp³-hybridized carbons (Fsp3) is 0.633. The summed E-state index contributed by atoms with van der Waals surface area (Å²) >= 11 is 8.03. The van der Waals surface area contributed by atoms with Crippen LogP contribution in [0.5, 0.6) is 5.75 Å². The van der Waals surface area contributed by atoms with Gasteiger partial charge in [0, 0.05) is 58.1 Å². The molecule has 2 unspecified atom stereocenters. The number of esters is 1. The summed E-state index contributed by atoms with van der Waals surface area (Å²) in [4.78, 5) is 112. The molecule has 0 aromatic heterocycles. The Morgan fingerprint density at radius 1 is 1.01 bits per heavy atom. The highest BCUT2D eigenvalue weighted by Crippen LogP contribution is 2.49. The molecule has 22 heteroatoms. The maximum Gasteiger partial charge on any atom is 0.409 e. The summed E-state index contributed by atoms with van der Waals surface area (Å²) in [7, 11) is 4.44. The van der Waals surface area contributed by atoms with E-state index in [2.05, 4.69) is 5.32 Å². The topological polar surface area (TPSA) is 246 Å². The summed E-state index contributed by atoms with van der Waals surface area (Å²) in [6.07, 6.45) is 1.39. The number of alkyl carbamates (subject to hydrolysis) is 1. The number of carbonyl (C=O) groups is 8. The van der Waals surface area contributed by atoms with E-state index in [0.29, 0.717) is 48.6 Å². The van der Waals surface area contributed by atoms with E-state index >= 15 is 0 Å². The SMILES string of the molecule is COc1cc2cc(c1Cl)N(C)C(=O)C[C@H](OC(=O)[C@H](C)OCCSC1CC(=O)N(CC3CCC(C(=O)ON4C(=O)CCC4=O)CC3)C1=O)[C@]1(C)O[C@H]1[C@H](C)C1C[C@@](O)(NC(=O)O1)[C@H](OC)/C=C/C=C(\C)C2. The molecule has 0 spiro atoms. The number of likely N-dealkylation sites (tertiary alicyclic amines) is 1. The van der Waals surface area contributed by atoms with E-state index in [1.165, 1.54) is 42.7 Å². The highest BCUT2D eigenvalue weighted by atomic mass is 35.5. The van der Waals surface area contributed by atoms with E-state index in [0.717, 1.165) is 11.1 Å². The first-order valence-electron chi connectivity index (χ1n) is 23.9. The van der Waals surface area contributed by atoms with Crippen LogP contribution in [0.25, 0.3) is 0 Å². The Hall–Kier alpha value is -5.06. The lowest BCUT2D eigenvalue weighted by molar-refractivity contribution is -0.201. The third-order valence-corrected chi connectivity index (χ3v) is 15.9. The first-order chi connectivity index (χ1) is 33.7. The summed E-state index contributed by atoms with van der Waals surface area (Å²) in [5.41, 5.74) is -1.10. The van der Waals surface area contributed by atoms with E-state index in [1.807, 2.05) is 13.0 Å². The molecule has 7 rings (SSSR count). The molecule has 1 aliphatic carbocycles. The van der Waals surface area contributed by atoms with Crippen molar-refractivity contribution in [2.24, 2.45) is 17.8 Å². The number of methoxy groups -OCH3 is 2. The zero-order valence-corrected chi connectivity index (χ0v) is 42.5. The van der Waals surface area contributed by atoms with Crippen molar-refractivity contribution in [2.75, 3.05) is 45.1 Å². The minimum Gasteiger partial charge on any atom is -0.495 e. The van der Waals surface area contributed by atoms with Crippen molar-refractivity contribution in [3.05, 3.63) is 46.5 Å². The molecule has 20 nitrogen and oxygen atoms in total. The summed E-state index contributed by atoms with van der Waals surface area (Å²) in [5.74, 6) is -4.12. The number of hydrogen-bond acceptors (Lipinski definition) is 17. The van der Waals surface area contributed by atoms with Gasteiger partial charge < -0.3 is 43.3 Å². The predicted molar refractivity (Wildman–Crippen MR) is 254 cm³/mol. The largest absolute Gasteiger partial charge is 0.495 e. The third kappa shape index (κ3) is 12.1. The average molecular weight is 1030 g/mol. The van der Waals surface area contributed by atoms with Crippen molar-refractivity contribution in [2.45, 2.75) is 139 Å².